The van der Waals surface area contributed by atoms with Gasteiger partial charge in [-0.2, -0.15) is 4.98 Å². The molecule has 7 rings (SSSR count). The Labute approximate surface area is 375 Å². The molecule has 5 aromatic rings. The number of hydrogen-bond donors (Lipinski definition) is 8. The summed E-state index contributed by atoms with van der Waals surface area (Å²) in [5.74, 6) is -3.83. The lowest BCUT2D eigenvalue weighted by Crippen LogP contribution is -2.42. The van der Waals surface area contributed by atoms with Gasteiger partial charge in [0.2, 0.25) is 17.2 Å². The van der Waals surface area contributed by atoms with E-state index in [4.69, 9.17) is 10.2 Å². The van der Waals surface area contributed by atoms with Crippen molar-refractivity contribution in [1.82, 2.24) is 40.5 Å². The Bertz CT molecular complexity index is 3140. The first-order chi connectivity index (χ1) is 31.6. The SMILES string of the molecule is CN(C)c1ccc2c(-c3ccc(C(=O)NCCNC(=O)CCC(NC(=O)c4ccc(NCc5cnc6nc(N)[nH]c(=O)c6n5)cc4)C(=O)O)cc3C(=O)O)c3ccc(=[N+](C)C)cc-3oc2c1. The van der Waals surface area contributed by atoms with Gasteiger partial charge in [0.25, 0.3) is 17.4 Å². The standard InChI is InChI=1S/C46H45N11O9/c1-56(2)28-10-13-31-35(20-28)66-36-21-29(57(3)4)11-14-32(36)38(31)30-12-7-25(19-33(30)44(62)63)41(59)49-18-17-48-37(58)16-15-34(45(64)65)53-42(60)24-5-8-26(9-6-24)50-22-27-23-51-40-39(52-27)43(61)55-46(47)54-40/h5-14,19-21,23,34H,15-18,22H2,1-4H3,(H8-,47,48,49,50,51,53,54,55,58,59,60,61,62,63,64,65)/p+1. The maximum Gasteiger partial charge on any atom is 0.336 e. The van der Waals surface area contributed by atoms with Crippen LogP contribution in [0.4, 0.5) is 17.3 Å². The van der Waals surface area contributed by atoms with Gasteiger partial charge in [-0.05, 0) is 66.6 Å². The number of fused-ring (bicyclic) bond motifs is 3. The second kappa shape index (κ2) is 19.4. The highest BCUT2D eigenvalue weighted by molar-refractivity contribution is 6.09. The van der Waals surface area contributed by atoms with Crippen molar-refractivity contribution < 1.29 is 38.6 Å². The van der Waals surface area contributed by atoms with Crippen LogP contribution >= 0.6 is 0 Å². The largest absolute Gasteiger partial charge is 0.480 e. The minimum Gasteiger partial charge on any atom is -0.480 e. The zero-order chi connectivity index (χ0) is 47.2. The van der Waals surface area contributed by atoms with Gasteiger partial charge in [-0.25, -0.2) is 24.1 Å². The number of hydrogen-bond acceptors (Lipinski definition) is 13. The van der Waals surface area contributed by atoms with Crippen molar-refractivity contribution in [3.8, 4) is 22.5 Å². The number of nitrogens with zero attached hydrogens (tertiary/aromatic N) is 5. The molecule has 1 aliphatic heterocycles. The molecule has 1 atom stereocenters. The zero-order valence-corrected chi connectivity index (χ0v) is 36.3. The van der Waals surface area contributed by atoms with Crippen LogP contribution in [-0.2, 0) is 16.1 Å². The summed E-state index contributed by atoms with van der Waals surface area (Å²) in [6.07, 6.45) is 0.989. The second-order valence-corrected chi connectivity index (χ2v) is 15.6. The summed E-state index contributed by atoms with van der Waals surface area (Å²) in [4.78, 5) is 92.4. The fraction of sp³-hybridized carbons (Fsp3) is 0.217. The molecular formula is C46H46N11O9+. The number of carboxylic acid groups (broad SMARTS) is 2. The average molecular weight is 897 g/mol. The summed E-state index contributed by atoms with van der Waals surface area (Å²) < 4.78 is 8.31. The van der Waals surface area contributed by atoms with E-state index in [1.807, 2.05) is 74.1 Å². The number of amides is 3. The third-order valence-electron chi connectivity index (χ3n) is 10.6. The smallest absolute Gasteiger partial charge is 0.336 e. The van der Waals surface area contributed by atoms with Gasteiger partial charge >= 0.3 is 11.9 Å². The topological polar surface area (TPSA) is 291 Å². The number of nitrogen functional groups attached to an aromatic ring is 1. The highest BCUT2D eigenvalue weighted by atomic mass is 16.4. The van der Waals surface area contributed by atoms with Gasteiger partial charge in [-0.15, -0.1) is 0 Å². The number of aromatic nitrogens is 4. The van der Waals surface area contributed by atoms with Crippen molar-refractivity contribution in [2.75, 3.05) is 57.2 Å². The molecule has 20 nitrogen and oxygen atoms in total. The molecule has 0 bridgehead atoms. The molecule has 0 fully saturated rings. The molecule has 2 aromatic heterocycles. The van der Waals surface area contributed by atoms with E-state index in [-0.39, 0.29) is 66.3 Å². The second-order valence-electron chi connectivity index (χ2n) is 15.6. The fourth-order valence-electron chi connectivity index (χ4n) is 7.13. The Hall–Kier alpha value is -8.68. The van der Waals surface area contributed by atoms with Crippen LogP contribution in [0.2, 0.25) is 0 Å². The van der Waals surface area contributed by atoms with Crippen molar-refractivity contribution in [2.45, 2.75) is 25.4 Å². The number of carbonyl (C=O) groups is 5. The van der Waals surface area contributed by atoms with E-state index >= 15 is 0 Å². The average Bonchev–Trinajstić information content (AvgIpc) is 3.29. The predicted molar refractivity (Wildman–Crippen MR) is 246 cm³/mol. The molecule has 0 radical (unpaired) electrons. The number of carboxylic acids is 2. The zero-order valence-electron chi connectivity index (χ0n) is 36.3. The van der Waals surface area contributed by atoms with Crippen molar-refractivity contribution >= 4 is 69.1 Å². The van der Waals surface area contributed by atoms with Crippen LogP contribution in [0, 0.1) is 0 Å². The number of benzene rings is 4. The monoisotopic (exact) mass is 896 g/mol. The lowest BCUT2D eigenvalue weighted by molar-refractivity contribution is -0.139. The summed E-state index contributed by atoms with van der Waals surface area (Å²) in [6.45, 7) is 0.167. The molecule has 66 heavy (non-hydrogen) atoms. The molecule has 3 heterocycles. The maximum absolute atomic E-state index is 13.2. The van der Waals surface area contributed by atoms with Crippen molar-refractivity contribution in [1.29, 1.82) is 0 Å². The van der Waals surface area contributed by atoms with E-state index in [0.717, 1.165) is 11.0 Å². The van der Waals surface area contributed by atoms with E-state index in [2.05, 4.69) is 41.2 Å². The summed E-state index contributed by atoms with van der Waals surface area (Å²) in [7, 11) is 7.64. The van der Waals surface area contributed by atoms with Crippen LogP contribution in [0.1, 0.15) is 49.6 Å². The number of nitrogens with one attached hydrogen (secondary N) is 5. The molecule has 20 heteroatoms. The molecular weight excluding hydrogens is 851 g/mol. The third kappa shape index (κ3) is 10.2. The first-order valence-corrected chi connectivity index (χ1v) is 20.6. The maximum atomic E-state index is 13.2. The van der Waals surface area contributed by atoms with Crippen molar-refractivity contribution in [2.24, 2.45) is 0 Å². The Kier molecular flexibility index (Phi) is 13.3. The lowest BCUT2D eigenvalue weighted by Gasteiger charge is -2.19. The van der Waals surface area contributed by atoms with Crippen LogP contribution in [0.25, 0.3) is 44.6 Å². The summed E-state index contributed by atoms with van der Waals surface area (Å²) in [5, 5.41) is 32.6. The predicted octanol–water partition coefficient (Wildman–Crippen LogP) is 2.73. The molecule has 2 aliphatic rings. The van der Waals surface area contributed by atoms with Gasteiger partial charge < -0.3 is 46.5 Å². The van der Waals surface area contributed by atoms with Crippen molar-refractivity contribution in [3.05, 3.63) is 123 Å². The van der Waals surface area contributed by atoms with E-state index < -0.39 is 41.3 Å². The molecule has 0 spiro atoms. The number of rotatable bonds is 16. The Morgan fingerprint density at radius 1 is 0.864 bits per heavy atom. The minimum atomic E-state index is -1.38. The molecule has 338 valence electrons. The Morgan fingerprint density at radius 3 is 2.30 bits per heavy atom. The lowest BCUT2D eigenvalue weighted by atomic mass is 9.89. The first kappa shape index (κ1) is 45.3. The minimum absolute atomic E-state index is 0.00759. The summed E-state index contributed by atoms with van der Waals surface area (Å²) >= 11 is 0. The Morgan fingerprint density at radius 2 is 1.59 bits per heavy atom. The molecule has 3 amide bonds. The summed E-state index contributed by atoms with van der Waals surface area (Å²) in [5.41, 5.74) is 9.55. The Balaban J connectivity index is 0.924. The number of H-pyrrole nitrogens is 1. The molecule has 0 saturated heterocycles. The normalized spacial score (nSPS) is 11.5. The molecule has 1 aliphatic carbocycles. The summed E-state index contributed by atoms with van der Waals surface area (Å²) in [6, 6.07) is 20.6. The van der Waals surface area contributed by atoms with Crippen molar-refractivity contribution in [3.63, 3.8) is 0 Å². The fourth-order valence-corrected chi connectivity index (χ4v) is 7.13. The van der Waals surface area contributed by atoms with Gasteiger partial charge in [0, 0.05) is 84.8 Å². The quantitative estimate of drug-likeness (QED) is 0.0393. The van der Waals surface area contributed by atoms with E-state index in [0.29, 0.717) is 44.8 Å². The number of aliphatic carboxylic acids is 1. The highest BCUT2D eigenvalue weighted by Crippen LogP contribution is 2.42. The van der Waals surface area contributed by atoms with Gasteiger partial charge in [-0.1, -0.05) is 6.07 Å². The van der Waals surface area contributed by atoms with E-state index in [1.165, 1.54) is 30.5 Å². The highest BCUT2D eigenvalue weighted by Gasteiger charge is 2.25. The van der Waals surface area contributed by atoms with Crippen LogP contribution < -0.4 is 47.4 Å². The van der Waals surface area contributed by atoms with E-state index in [1.54, 1.807) is 18.2 Å². The number of aromatic carboxylic acids is 1. The van der Waals surface area contributed by atoms with Crippen LogP contribution in [0.5, 0.6) is 0 Å². The van der Waals surface area contributed by atoms with Gasteiger partial charge in [0.05, 0.1) is 30.1 Å². The third-order valence-corrected chi connectivity index (χ3v) is 10.6. The van der Waals surface area contributed by atoms with Gasteiger partial charge in [0.15, 0.2) is 11.2 Å². The van der Waals surface area contributed by atoms with E-state index in [9.17, 15) is 39.0 Å². The molecule has 1 unspecified atom stereocenters. The molecule has 0 saturated carbocycles. The number of aromatic amines is 1. The van der Waals surface area contributed by atoms with Crippen LogP contribution in [0.15, 0.2) is 94.3 Å². The van der Waals surface area contributed by atoms with Crippen LogP contribution in [-0.4, -0.2) is 107 Å². The van der Waals surface area contributed by atoms with Crippen LogP contribution in [0.3, 0.4) is 0 Å². The van der Waals surface area contributed by atoms with Gasteiger partial charge in [0.1, 0.15) is 31.5 Å². The van der Waals surface area contributed by atoms with Gasteiger partial charge in [-0.3, -0.25) is 24.2 Å². The molecule has 3 aromatic carbocycles. The first-order valence-electron chi connectivity index (χ1n) is 20.6. The number of nitrogens with two attached hydrogens (primary N) is 1. The molecule has 9 N–H and O–H groups in total. The number of anilines is 3. The number of carbonyl (C=O) groups excluding carboxylic acids is 3.